The third kappa shape index (κ3) is 2.56. The summed E-state index contributed by atoms with van der Waals surface area (Å²) in [6.45, 7) is 0. The van der Waals surface area contributed by atoms with Gasteiger partial charge in [0.1, 0.15) is 28.9 Å². The smallest absolute Gasteiger partial charge is 0.152 e. The number of nitrogens with two attached hydrogens (primary N) is 1. The lowest BCUT2D eigenvalue weighted by Crippen LogP contribution is -1.99. The van der Waals surface area contributed by atoms with Crippen molar-refractivity contribution < 1.29 is 4.42 Å². The molecule has 4 rings (SSSR count). The molecule has 0 fully saturated rings. The zero-order chi connectivity index (χ0) is 17.4. The zero-order valence-electron chi connectivity index (χ0n) is 13.4. The van der Waals surface area contributed by atoms with E-state index in [0.717, 1.165) is 11.3 Å². The molecule has 0 spiro atoms. The molecule has 0 aliphatic heterocycles. The largest absolute Gasteiger partial charge is 0.454 e. The molecule has 7 heteroatoms. The van der Waals surface area contributed by atoms with Gasteiger partial charge in [0.05, 0.1) is 5.69 Å². The Labute approximate surface area is 143 Å². The maximum absolute atomic E-state index is 9.48. The first-order chi connectivity index (χ1) is 12.2. The Bertz CT molecular complexity index is 1080. The number of nitriles is 1. The lowest BCUT2D eigenvalue weighted by molar-refractivity contribution is 0.594. The lowest BCUT2D eigenvalue weighted by atomic mass is 10.0. The number of aromatic amines is 1. The van der Waals surface area contributed by atoms with E-state index in [2.05, 4.69) is 21.3 Å². The van der Waals surface area contributed by atoms with Crippen LogP contribution in [0.1, 0.15) is 5.56 Å². The molecule has 0 aliphatic carbocycles. The number of hydrogen-bond acceptors (Lipinski definition) is 5. The van der Waals surface area contributed by atoms with E-state index in [4.69, 9.17) is 10.2 Å². The van der Waals surface area contributed by atoms with Gasteiger partial charge in [-0.25, -0.2) is 4.98 Å². The van der Waals surface area contributed by atoms with Crippen LogP contribution in [-0.2, 0) is 7.05 Å². The number of hydrogen-bond donors (Lipinski definition) is 2. The summed E-state index contributed by atoms with van der Waals surface area (Å²) in [5, 5.41) is 16.2. The normalized spacial score (nSPS) is 10.7. The van der Waals surface area contributed by atoms with Crippen molar-refractivity contribution in [2.75, 3.05) is 5.73 Å². The Balaban J connectivity index is 1.86. The maximum Gasteiger partial charge on any atom is 0.152 e. The van der Waals surface area contributed by atoms with E-state index in [1.165, 1.54) is 0 Å². The molecule has 4 heterocycles. The van der Waals surface area contributed by atoms with Crippen LogP contribution in [0.3, 0.4) is 0 Å². The number of nitrogens with zero attached hydrogens (tertiary/aromatic N) is 4. The molecule has 4 aromatic rings. The summed E-state index contributed by atoms with van der Waals surface area (Å²) < 4.78 is 7.82. The first-order valence-electron chi connectivity index (χ1n) is 7.58. The number of furan rings is 1. The summed E-state index contributed by atoms with van der Waals surface area (Å²) in [5.74, 6) is 1.36. The minimum Gasteiger partial charge on any atom is -0.454 e. The van der Waals surface area contributed by atoms with Gasteiger partial charge in [0, 0.05) is 36.8 Å². The van der Waals surface area contributed by atoms with E-state index in [0.29, 0.717) is 28.3 Å². The lowest BCUT2D eigenvalue weighted by Gasteiger charge is -2.07. The molecular formula is C18H14N6O. The molecule has 7 nitrogen and oxygen atoms in total. The van der Waals surface area contributed by atoms with E-state index < -0.39 is 0 Å². The fraction of sp³-hybridized carbons (Fsp3) is 0.0556. The number of nitrogen functional groups attached to an aromatic ring is 1. The van der Waals surface area contributed by atoms with Crippen molar-refractivity contribution in [3.8, 4) is 40.1 Å². The van der Waals surface area contributed by atoms with Gasteiger partial charge in [-0.1, -0.05) is 0 Å². The summed E-state index contributed by atoms with van der Waals surface area (Å²) in [7, 11) is 1.93. The monoisotopic (exact) mass is 330 g/mol. The van der Waals surface area contributed by atoms with Crippen molar-refractivity contribution in [2.45, 2.75) is 0 Å². The van der Waals surface area contributed by atoms with Crippen LogP contribution in [0.5, 0.6) is 0 Å². The molecule has 0 amide bonds. The molecule has 122 valence electrons. The standard InChI is InChI=1S/C18H14N6O/c1-24-7-5-11(10-24)15-8-12(13(9-19)18(20)22-15)16-2-3-17(25-16)14-4-6-21-23-14/h2-8,10H,1H3,(H2,20,22)(H,21,23). The van der Waals surface area contributed by atoms with Gasteiger partial charge in [-0.05, 0) is 30.3 Å². The van der Waals surface area contributed by atoms with Crippen LogP contribution in [0, 0.1) is 11.3 Å². The number of nitrogens with one attached hydrogen (secondary N) is 1. The highest BCUT2D eigenvalue weighted by molar-refractivity contribution is 5.78. The van der Waals surface area contributed by atoms with Gasteiger partial charge in [-0.2, -0.15) is 10.4 Å². The predicted octanol–water partition coefficient (Wildman–Crippen LogP) is 3.19. The van der Waals surface area contributed by atoms with Crippen LogP contribution >= 0.6 is 0 Å². The zero-order valence-corrected chi connectivity index (χ0v) is 13.4. The predicted molar refractivity (Wildman–Crippen MR) is 93.1 cm³/mol. The second-order valence-electron chi connectivity index (χ2n) is 5.63. The number of rotatable bonds is 3. The second kappa shape index (κ2) is 5.69. The summed E-state index contributed by atoms with van der Waals surface area (Å²) in [5.41, 5.74) is 9.29. The number of aryl methyl sites for hydroxylation is 1. The van der Waals surface area contributed by atoms with Gasteiger partial charge in [-0.3, -0.25) is 5.10 Å². The van der Waals surface area contributed by atoms with Crippen LogP contribution in [0.25, 0.3) is 34.0 Å². The Morgan fingerprint density at radius 3 is 2.76 bits per heavy atom. The molecule has 3 N–H and O–H groups in total. The van der Waals surface area contributed by atoms with Crippen molar-refractivity contribution in [2.24, 2.45) is 7.05 Å². The average molecular weight is 330 g/mol. The molecule has 25 heavy (non-hydrogen) atoms. The van der Waals surface area contributed by atoms with Crippen LogP contribution in [-0.4, -0.2) is 19.7 Å². The van der Waals surface area contributed by atoms with Gasteiger partial charge in [0.25, 0.3) is 0 Å². The highest BCUT2D eigenvalue weighted by Gasteiger charge is 2.17. The summed E-state index contributed by atoms with van der Waals surface area (Å²) in [6.07, 6.45) is 5.51. The Morgan fingerprint density at radius 1 is 1.24 bits per heavy atom. The number of H-pyrrole nitrogens is 1. The van der Waals surface area contributed by atoms with Crippen molar-refractivity contribution in [3.05, 3.63) is 54.5 Å². The van der Waals surface area contributed by atoms with E-state index in [9.17, 15) is 5.26 Å². The second-order valence-corrected chi connectivity index (χ2v) is 5.63. The van der Waals surface area contributed by atoms with Crippen LogP contribution in [0.2, 0.25) is 0 Å². The topological polar surface area (TPSA) is 109 Å². The maximum atomic E-state index is 9.48. The van der Waals surface area contributed by atoms with Gasteiger partial charge < -0.3 is 14.7 Å². The highest BCUT2D eigenvalue weighted by Crippen LogP contribution is 2.34. The molecule has 0 atom stereocenters. The third-order valence-electron chi connectivity index (χ3n) is 3.92. The van der Waals surface area contributed by atoms with Crippen molar-refractivity contribution >= 4 is 5.82 Å². The van der Waals surface area contributed by atoms with Gasteiger partial charge in [0.2, 0.25) is 0 Å². The average Bonchev–Trinajstić information content (AvgIpc) is 3.35. The molecule has 0 bridgehead atoms. The molecule has 0 saturated carbocycles. The first kappa shape index (κ1) is 14.8. The molecule has 0 aromatic carbocycles. The van der Waals surface area contributed by atoms with Crippen molar-refractivity contribution in [1.82, 2.24) is 19.7 Å². The van der Waals surface area contributed by atoms with Gasteiger partial charge in [0.15, 0.2) is 5.76 Å². The van der Waals surface area contributed by atoms with Crippen LogP contribution in [0.15, 0.2) is 53.3 Å². The molecular weight excluding hydrogens is 316 g/mol. The highest BCUT2D eigenvalue weighted by atomic mass is 16.3. The Kier molecular flexibility index (Phi) is 3.36. The third-order valence-corrected chi connectivity index (χ3v) is 3.92. The summed E-state index contributed by atoms with van der Waals surface area (Å²) in [6, 6.07) is 11.3. The molecule has 0 unspecified atom stereocenters. The molecule has 0 radical (unpaired) electrons. The number of aromatic nitrogens is 4. The molecule has 4 aromatic heterocycles. The fourth-order valence-corrected chi connectivity index (χ4v) is 2.70. The van der Waals surface area contributed by atoms with Gasteiger partial charge in [-0.15, -0.1) is 0 Å². The van der Waals surface area contributed by atoms with Crippen LogP contribution < -0.4 is 5.73 Å². The van der Waals surface area contributed by atoms with Crippen molar-refractivity contribution in [3.63, 3.8) is 0 Å². The first-order valence-corrected chi connectivity index (χ1v) is 7.58. The summed E-state index contributed by atoms with van der Waals surface area (Å²) >= 11 is 0. The minimum atomic E-state index is 0.179. The van der Waals surface area contributed by atoms with E-state index >= 15 is 0 Å². The number of anilines is 1. The quantitative estimate of drug-likeness (QED) is 0.599. The van der Waals surface area contributed by atoms with E-state index in [1.807, 2.05) is 48.3 Å². The Morgan fingerprint density at radius 2 is 2.08 bits per heavy atom. The van der Waals surface area contributed by atoms with E-state index in [1.54, 1.807) is 12.3 Å². The summed E-state index contributed by atoms with van der Waals surface area (Å²) in [4.78, 5) is 4.35. The van der Waals surface area contributed by atoms with Crippen molar-refractivity contribution in [1.29, 1.82) is 5.26 Å². The SMILES string of the molecule is Cn1ccc(-c2cc(-c3ccc(-c4ccn[nH]4)o3)c(C#N)c(N)n2)c1. The molecule has 0 aliphatic rings. The van der Waals surface area contributed by atoms with E-state index in [-0.39, 0.29) is 5.82 Å². The minimum absolute atomic E-state index is 0.179. The Hall–Kier alpha value is -3.79. The van der Waals surface area contributed by atoms with Crippen LogP contribution in [0.4, 0.5) is 5.82 Å². The molecule has 0 saturated heterocycles. The van der Waals surface area contributed by atoms with Gasteiger partial charge >= 0.3 is 0 Å². The fourth-order valence-electron chi connectivity index (χ4n) is 2.70. The number of pyridine rings is 1.